The van der Waals surface area contributed by atoms with Crippen LogP contribution < -0.4 is 10.1 Å². The lowest BCUT2D eigenvalue weighted by Crippen LogP contribution is -2.44. The lowest BCUT2D eigenvalue weighted by atomic mass is 10.1. The minimum Gasteiger partial charge on any atom is -0.495 e. The van der Waals surface area contributed by atoms with E-state index in [0.717, 1.165) is 29.2 Å². The highest BCUT2D eigenvalue weighted by atomic mass is 16.5. The lowest BCUT2D eigenvalue weighted by molar-refractivity contribution is -0.143. The molecule has 0 bridgehead atoms. The maximum atomic E-state index is 12.6. The van der Waals surface area contributed by atoms with E-state index in [4.69, 9.17) is 9.15 Å². The molecule has 1 fully saturated rings. The van der Waals surface area contributed by atoms with Crippen molar-refractivity contribution >= 4 is 39.5 Å². The van der Waals surface area contributed by atoms with Gasteiger partial charge < -0.3 is 19.6 Å². The minimum atomic E-state index is -0.930. The summed E-state index contributed by atoms with van der Waals surface area (Å²) in [5.41, 5.74) is 1.91. The van der Waals surface area contributed by atoms with Gasteiger partial charge in [0.25, 0.3) is 0 Å². The topological polar surface area (TPSA) is 92.0 Å². The summed E-state index contributed by atoms with van der Waals surface area (Å²) in [5.74, 6) is -0.689. The first-order valence-electron chi connectivity index (χ1n) is 9.25. The number of hydrogen-bond acceptors (Lipinski definition) is 5. The van der Waals surface area contributed by atoms with Gasteiger partial charge >= 0.3 is 5.97 Å². The monoisotopic (exact) mass is 382 g/mol. The Hall–Kier alpha value is -3.06. The van der Waals surface area contributed by atoms with Gasteiger partial charge in [-0.05, 0) is 31.9 Å². The normalized spacial score (nSPS) is 15.1. The number of nitrogens with zero attached hydrogens (tertiary/aromatic N) is 1. The van der Waals surface area contributed by atoms with Gasteiger partial charge in [-0.3, -0.25) is 14.5 Å². The molecule has 3 aromatic rings. The summed E-state index contributed by atoms with van der Waals surface area (Å²) in [7, 11) is 1.54. The van der Waals surface area contributed by atoms with Gasteiger partial charge in [0.1, 0.15) is 23.0 Å². The third-order valence-electron chi connectivity index (χ3n) is 5.17. The van der Waals surface area contributed by atoms with Crippen LogP contribution in [0.5, 0.6) is 5.75 Å². The number of hydrogen-bond donors (Lipinski definition) is 2. The van der Waals surface area contributed by atoms with Crippen molar-refractivity contribution < 1.29 is 23.8 Å². The Labute approximate surface area is 161 Å². The number of carboxylic acids is 1. The molecule has 1 amide bonds. The van der Waals surface area contributed by atoms with Crippen molar-refractivity contribution in [2.24, 2.45) is 0 Å². The van der Waals surface area contributed by atoms with Gasteiger partial charge in [0, 0.05) is 22.9 Å². The van der Waals surface area contributed by atoms with Gasteiger partial charge in [0.05, 0.1) is 19.3 Å². The van der Waals surface area contributed by atoms with Crippen molar-refractivity contribution in [1.82, 2.24) is 4.90 Å². The molecule has 2 aromatic carbocycles. The SMILES string of the molecule is COc1cc2c(cc1NC(=O)CN(C1CC1)C(C)C(=O)O)oc1ccccc12. The van der Waals surface area contributed by atoms with Gasteiger partial charge in [-0.2, -0.15) is 0 Å². The molecule has 28 heavy (non-hydrogen) atoms. The van der Waals surface area contributed by atoms with E-state index in [9.17, 15) is 14.7 Å². The Morgan fingerprint density at radius 1 is 1.25 bits per heavy atom. The maximum absolute atomic E-state index is 12.6. The second kappa shape index (κ2) is 7.16. The van der Waals surface area contributed by atoms with Gasteiger partial charge in [-0.25, -0.2) is 0 Å². The number of para-hydroxylation sites is 1. The number of ether oxygens (including phenoxy) is 1. The molecule has 1 atom stereocenters. The number of rotatable bonds is 7. The number of methoxy groups -OCH3 is 1. The summed E-state index contributed by atoms with van der Waals surface area (Å²) >= 11 is 0. The van der Waals surface area contributed by atoms with E-state index in [1.165, 1.54) is 0 Å². The molecule has 7 heteroatoms. The molecule has 1 saturated carbocycles. The highest BCUT2D eigenvalue weighted by Crippen LogP contribution is 2.36. The van der Waals surface area contributed by atoms with E-state index in [-0.39, 0.29) is 18.5 Å². The molecule has 0 saturated heterocycles. The largest absolute Gasteiger partial charge is 0.495 e. The molecule has 1 aliphatic carbocycles. The summed E-state index contributed by atoms with van der Waals surface area (Å²) in [5, 5.41) is 14.0. The fourth-order valence-electron chi connectivity index (χ4n) is 3.50. The van der Waals surface area contributed by atoms with Gasteiger partial charge in [-0.15, -0.1) is 0 Å². The zero-order valence-corrected chi connectivity index (χ0v) is 15.8. The first-order valence-corrected chi connectivity index (χ1v) is 9.25. The average molecular weight is 382 g/mol. The van der Waals surface area contributed by atoms with Crippen LogP contribution in [0.4, 0.5) is 5.69 Å². The Morgan fingerprint density at radius 3 is 2.68 bits per heavy atom. The fourth-order valence-corrected chi connectivity index (χ4v) is 3.50. The van der Waals surface area contributed by atoms with Crippen LogP contribution in [0.15, 0.2) is 40.8 Å². The Kier molecular flexibility index (Phi) is 4.68. The standard InChI is InChI=1S/C21H22N2O5/c1-12(21(25)26)23(13-7-8-13)11-20(24)22-16-10-18-15(9-19(16)27-2)14-5-3-4-6-17(14)28-18/h3-6,9-10,12-13H,7-8,11H2,1-2H3,(H,22,24)(H,25,26). The molecule has 146 valence electrons. The molecule has 2 N–H and O–H groups in total. The first kappa shape index (κ1) is 18.3. The van der Waals surface area contributed by atoms with E-state index in [1.54, 1.807) is 25.0 Å². The van der Waals surface area contributed by atoms with Crippen LogP contribution >= 0.6 is 0 Å². The van der Waals surface area contributed by atoms with Gasteiger partial charge in [-0.1, -0.05) is 18.2 Å². The Morgan fingerprint density at radius 2 is 2.00 bits per heavy atom. The van der Waals surface area contributed by atoms with E-state index >= 15 is 0 Å². The van der Waals surface area contributed by atoms with E-state index in [0.29, 0.717) is 17.0 Å². The number of carboxylic acid groups (broad SMARTS) is 1. The third-order valence-corrected chi connectivity index (χ3v) is 5.17. The number of benzene rings is 2. The Bertz CT molecular complexity index is 1050. The van der Waals surface area contributed by atoms with Crippen molar-refractivity contribution in [2.45, 2.75) is 31.8 Å². The van der Waals surface area contributed by atoms with E-state index < -0.39 is 12.0 Å². The highest BCUT2D eigenvalue weighted by Gasteiger charge is 2.36. The second-order valence-electron chi connectivity index (χ2n) is 7.11. The quantitative estimate of drug-likeness (QED) is 0.650. The molecule has 0 spiro atoms. The van der Waals surface area contributed by atoms with Crippen molar-refractivity contribution in [3.8, 4) is 5.75 Å². The van der Waals surface area contributed by atoms with E-state index in [2.05, 4.69) is 5.32 Å². The summed E-state index contributed by atoms with van der Waals surface area (Å²) in [6.07, 6.45) is 1.83. The van der Waals surface area contributed by atoms with Crippen LogP contribution in [0, 0.1) is 0 Å². The smallest absolute Gasteiger partial charge is 0.320 e. The lowest BCUT2D eigenvalue weighted by Gasteiger charge is -2.25. The molecule has 0 aliphatic heterocycles. The van der Waals surface area contributed by atoms with Crippen LogP contribution in [0.3, 0.4) is 0 Å². The fraction of sp³-hybridized carbons (Fsp3) is 0.333. The molecule has 7 nitrogen and oxygen atoms in total. The predicted octanol–water partition coefficient (Wildman–Crippen LogP) is 3.47. The molecular weight excluding hydrogens is 360 g/mol. The molecule has 1 unspecified atom stereocenters. The Balaban J connectivity index is 1.60. The van der Waals surface area contributed by atoms with Crippen LogP contribution in [0.2, 0.25) is 0 Å². The van der Waals surface area contributed by atoms with Crippen molar-refractivity contribution in [3.05, 3.63) is 36.4 Å². The van der Waals surface area contributed by atoms with Crippen molar-refractivity contribution in [1.29, 1.82) is 0 Å². The average Bonchev–Trinajstić information content (AvgIpc) is 3.45. The molecule has 1 aromatic heterocycles. The number of anilines is 1. The van der Waals surface area contributed by atoms with Crippen LogP contribution in [-0.4, -0.2) is 47.6 Å². The number of fused-ring (bicyclic) bond motifs is 3. The maximum Gasteiger partial charge on any atom is 0.320 e. The van der Waals surface area contributed by atoms with Crippen molar-refractivity contribution in [3.63, 3.8) is 0 Å². The molecule has 1 aliphatic rings. The zero-order chi connectivity index (χ0) is 19.8. The molecule has 1 heterocycles. The summed E-state index contributed by atoms with van der Waals surface area (Å²) in [6.45, 7) is 1.62. The van der Waals surface area contributed by atoms with E-state index in [1.807, 2.05) is 30.3 Å². The van der Waals surface area contributed by atoms with Crippen LogP contribution in [-0.2, 0) is 9.59 Å². The number of aliphatic carboxylic acids is 1. The third kappa shape index (κ3) is 3.41. The first-order chi connectivity index (χ1) is 13.5. The molecule has 0 radical (unpaired) electrons. The molecule has 4 rings (SSSR count). The number of carbonyl (C=O) groups excluding carboxylic acids is 1. The summed E-state index contributed by atoms with van der Waals surface area (Å²) in [6, 6.07) is 10.7. The minimum absolute atomic E-state index is 0.0133. The number of nitrogens with one attached hydrogen (secondary N) is 1. The number of amides is 1. The van der Waals surface area contributed by atoms with Crippen LogP contribution in [0.25, 0.3) is 21.9 Å². The number of furan rings is 1. The van der Waals surface area contributed by atoms with Crippen molar-refractivity contribution in [2.75, 3.05) is 19.0 Å². The highest BCUT2D eigenvalue weighted by molar-refractivity contribution is 6.07. The van der Waals surface area contributed by atoms with Gasteiger partial charge in [0.15, 0.2) is 0 Å². The second-order valence-corrected chi connectivity index (χ2v) is 7.11. The van der Waals surface area contributed by atoms with Crippen LogP contribution in [0.1, 0.15) is 19.8 Å². The summed E-state index contributed by atoms with van der Waals surface area (Å²) < 4.78 is 11.3. The summed E-state index contributed by atoms with van der Waals surface area (Å²) in [4.78, 5) is 25.7. The number of carbonyl (C=O) groups is 2. The predicted molar refractivity (Wildman–Crippen MR) is 106 cm³/mol. The molecular formula is C21H22N2O5. The zero-order valence-electron chi connectivity index (χ0n) is 15.8. The van der Waals surface area contributed by atoms with Gasteiger partial charge in [0.2, 0.25) is 5.91 Å².